The Kier molecular flexibility index (Phi) is 6.70. The van der Waals surface area contributed by atoms with Gasteiger partial charge in [0.05, 0.1) is 13.2 Å². The summed E-state index contributed by atoms with van der Waals surface area (Å²) in [6.07, 6.45) is 0. The highest BCUT2D eigenvalue weighted by Gasteiger charge is 2.00. The molecule has 19 heavy (non-hydrogen) atoms. The number of hydrogen-bond donors (Lipinski definition) is 3. The van der Waals surface area contributed by atoms with Crippen molar-refractivity contribution in [1.82, 2.24) is 10.2 Å². The van der Waals surface area contributed by atoms with E-state index in [1.807, 2.05) is 19.0 Å². The number of carbonyl (C=O) groups excluding carboxylic acids is 1. The van der Waals surface area contributed by atoms with Gasteiger partial charge in [0.1, 0.15) is 0 Å². The van der Waals surface area contributed by atoms with E-state index in [1.165, 1.54) is 0 Å². The molecule has 0 aliphatic heterocycles. The number of nitrogens with zero attached hydrogens (tertiary/aromatic N) is 1. The zero-order valence-corrected chi connectivity index (χ0v) is 11.5. The van der Waals surface area contributed by atoms with E-state index in [0.717, 1.165) is 6.54 Å². The molecule has 0 aliphatic rings. The smallest absolute Gasteiger partial charge is 0.319 e. The molecule has 0 aromatic heterocycles. The van der Waals surface area contributed by atoms with Gasteiger partial charge in [-0.3, -0.25) is 0 Å². The molecule has 0 saturated heterocycles. The van der Waals surface area contributed by atoms with Crippen LogP contribution >= 0.6 is 0 Å². The molecule has 0 radical (unpaired) electrons. The summed E-state index contributed by atoms with van der Waals surface area (Å²) in [6.45, 7) is 2.52. The molecule has 0 fully saturated rings. The molecule has 0 heterocycles. The van der Waals surface area contributed by atoms with Crippen LogP contribution in [0.3, 0.4) is 0 Å². The van der Waals surface area contributed by atoms with Crippen molar-refractivity contribution in [3.63, 3.8) is 0 Å². The van der Waals surface area contributed by atoms with E-state index in [1.54, 1.807) is 24.3 Å². The molecule has 1 aromatic rings. The minimum Gasteiger partial charge on any atom is -0.399 e. The normalized spacial score (nSPS) is 10.5. The Labute approximate surface area is 113 Å². The number of nitrogen functional groups attached to an aromatic ring is 1. The largest absolute Gasteiger partial charge is 0.399 e. The van der Waals surface area contributed by atoms with Gasteiger partial charge in [0, 0.05) is 24.5 Å². The van der Waals surface area contributed by atoms with Crippen LogP contribution in [-0.4, -0.2) is 51.3 Å². The molecule has 4 N–H and O–H groups in total. The predicted molar refractivity (Wildman–Crippen MR) is 77.2 cm³/mol. The van der Waals surface area contributed by atoms with Gasteiger partial charge in [-0.25, -0.2) is 4.79 Å². The Balaban J connectivity index is 2.09. The summed E-state index contributed by atoms with van der Waals surface area (Å²) in [4.78, 5) is 13.6. The molecule has 0 spiro atoms. The van der Waals surface area contributed by atoms with E-state index in [0.29, 0.717) is 31.1 Å². The van der Waals surface area contributed by atoms with E-state index in [4.69, 9.17) is 10.5 Å². The third kappa shape index (κ3) is 7.28. The second-order valence-electron chi connectivity index (χ2n) is 4.42. The van der Waals surface area contributed by atoms with Gasteiger partial charge < -0.3 is 26.0 Å². The lowest BCUT2D eigenvalue weighted by atomic mass is 10.3. The molecule has 2 amide bonds. The number of ether oxygens (including phenoxy) is 1. The molecule has 6 heteroatoms. The Bertz CT molecular complexity index is 379. The zero-order chi connectivity index (χ0) is 14.1. The Morgan fingerprint density at radius 2 is 1.95 bits per heavy atom. The van der Waals surface area contributed by atoms with Crippen molar-refractivity contribution in [2.45, 2.75) is 0 Å². The van der Waals surface area contributed by atoms with Gasteiger partial charge in [0.25, 0.3) is 0 Å². The number of amides is 2. The Morgan fingerprint density at radius 3 is 2.58 bits per heavy atom. The summed E-state index contributed by atoms with van der Waals surface area (Å²) in [7, 11) is 3.98. The molecule has 0 aliphatic carbocycles. The van der Waals surface area contributed by atoms with Crippen LogP contribution in [0.15, 0.2) is 24.3 Å². The van der Waals surface area contributed by atoms with Crippen LogP contribution in [0.25, 0.3) is 0 Å². The van der Waals surface area contributed by atoms with E-state index >= 15 is 0 Å². The first-order valence-corrected chi connectivity index (χ1v) is 6.21. The van der Waals surface area contributed by atoms with E-state index < -0.39 is 0 Å². The standard InChI is InChI=1S/C13H22N4O2/c1-17(2)8-10-19-9-7-15-13(18)16-12-5-3-11(14)4-6-12/h3-6H,7-10,14H2,1-2H3,(H2,15,16,18). The van der Waals surface area contributed by atoms with Crippen LogP contribution in [0.1, 0.15) is 0 Å². The van der Waals surface area contributed by atoms with E-state index in [-0.39, 0.29) is 6.03 Å². The average molecular weight is 266 g/mol. The third-order valence-corrected chi connectivity index (χ3v) is 2.38. The summed E-state index contributed by atoms with van der Waals surface area (Å²) in [5.41, 5.74) is 6.93. The van der Waals surface area contributed by atoms with Crippen molar-refractivity contribution >= 4 is 17.4 Å². The summed E-state index contributed by atoms with van der Waals surface area (Å²) >= 11 is 0. The highest BCUT2D eigenvalue weighted by molar-refractivity contribution is 5.89. The molecule has 6 nitrogen and oxygen atoms in total. The lowest BCUT2D eigenvalue weighted by molar-refractivity contribution is 0.120. The summed E-state index contributed by atoms with van der Waals surface area (Å²) in [5, 5.41) is 5.42. The molecule has 1 aromatic carbocycles. The van der Waals surface area contributed by atoms with Crippen molar-refractivity contribution in [1.29, 1.82) is 0 Å². The Morgan fingerprint density at radius 1 is 1.26 bits per heavy atom. The number of benzene rings is 1. The number of likely N-dealkylation sites (N-methyl/N-ethyl adjacent to an activating group) is 1. The van der Waals surface area contributed by atoms with Gasteiger partial charge in [-0.1, -0.05) is 0 Å². The van der Waals surface area contributed by atoms with Gasteiger partial charge >= 0.3 is 6.03 Å². The fourth-order valence-electron chi connectivity index (χ4n) is 1.33. The topological polar surface area (TPSA) is 79.6 Å². The van der Waals surface area contributed by atoms with Gasteiger partial charge in [-0.05, 0) is 38.4 Å². The minimum atomic E-state index is -0.249. The van der Waals surface area contributed by atoms with Crippen molar-refractivity contribution in [3.05, 3.63) is 24.3 Å². The number of urea groups is 1. The maximum Gasteiger partial charge on any atom is 0.319 e. The van der Waals surface area contributed by atoms with Gasteiger partial charge in [-0.2, -0.15) is 0 Å². The van der Waals surface area contributed by atoms with Crippen molar-refractivity contribution in [3.8, 4) is 0 Å². The van der Waals surface area contributed by atoms with E-state index in [9.17, 15) is 4.79 Å². The first kappa shape index (κ1) is 15.3. The van der Waals surface area contributed by atoms with Crippen LogP contribution in [0, 0.1) is 0 Å². The summed E-state index contributed by atoms with van der Waals surface area (Å²) in [6, 6.07) is 6.73. The molecule has 106 valence electrons. The maximum atomic E-state index is 11.5. The van der Waals surface area contributed by atoms with Crippen LogP contribution in [0.5, 0.6) is 0 Å². The highest BCUT2D eigenvalue weighted by Crippen LogP contribution is 2.09. The Hall–Kier alpha value is -1.79. The van der Waals surface area contributed by atoms with Crippen LogP contribution in [0.2, 0.25) is 0 Å². The van der Waals surface area contributed by atoms with Crippen molar-refractivity contribution < 1.29 is 9.53 Å². The van der Waals surface area contributed by atoms with Crippen LogP contribution < -0.4 is 16.4 Å². The van der Waals surface area contributed by atoms with Gasteiger partial charge in [0.2, 0.25) is 0 Å². The molecule has 0 saturated carbocycles. The third-order valence-electron chi connectivity index (χ3n) is 2.38. The first-order chi connectivity index (χ1) is 9.08. The molecule has 0 bridgehead atoms. The predicted octanol–water partition coefficient (Wildman–Crippen LogP) is 0.968. The first-order valence-electron chi connectivity index (χ1n) is 6.21. The minimum absolute atomic E-state index is 0.249. The fourth-order valence-corrected chi connectivity index (χ4v) is 1.33. The average Bonchev–Trinajstić information content (AvgIpc) is 2.36. The van der Waals surface area contributed by atoms with Gasteiger partial charge in [0.15, 0.2) is 0 Å². The lowest BCUT2D eigenvalue weighted by Crippen LogP contribution is -2.32. The van der Waals surface area contributed by atoms with Crippen molar-refractivity contribution in [2.75, 3.05) is 51.4 Å². The molecule has 1 rings (SSSR count). The summed E-state index contributed by atoms with van der Waals surface area (Å²) in [5.74, 6) is 0. The number of rotatable bonds is 7. The number of anilines is 2. The van der Waals surface area contributed by atoms with Crippen molar-refractivity contribution in [2.24, 2.45) is 0 Å². The maximum absolute atomic E-state index is 11.5. The number of nitrogens with one attached hydrogen (secondary N) is 2. The molecule has 0 unspecified atom stereocenters. The summed E-state index contributed by atoms with van der Waals surface area (Å²) < 4.78 is 5.36. The quantitative estimate of drug-likeness (QED) is 0.507. The second-order valence-corrected chi connectivity index (χ2v) is 4.42. The monoisotopic (exact) mass is 266 g/mol. The number of carbonyl (C=O) groups is 1. The molecule has 0 atom stereocenters. The number of nitrogens with two attached hydrogens (primary N) is 1. The van der Waals surface area contributed by atoms with Crippen LogP contribution in [0.4, 0.5) is 16.2 Å². The van der Waals surface area contributed by atoms with E-state index in [2.05, 4.69) is 10.6 Å². The van der Waals surface area contributed by atoms with Gasteiger partial charge in [-0.15, -0.1) is 0 Å². The fraction of sp³-hybridized carbons (Fsp3) is 0.462. The zero-order valence-electron chi connectivity index (χ0n) is 11.5. The van der Waals surface area contributed by atoms with Crippen LogP contribution in [-0.2, 0) is 4.74 Å². The highest BCUT2D eigenvalue weighted by atomic mass is 16.5. The lowest BCUT2D eigenvalue weighted by Gasteiger charge is -2.10. The molecular weight excluding hydrogens is 244 g/mol. The second kappa shape index (κ2) is 8.34. The molecular formula is C13H22N4O2. The number of hydrogen-bond acceptors (Lipinski definition) is 4. The SMILES string of the molecule is CN(C)CCOCCNC(=O)Nc1ccc(N)cc1.